The lowest BCUT2D eigenvalue weighted by atomic mass is 9.97. The highest BCUT2D eigenvalue weighted by atomic mass is 16.2. The second-order valence-electron chi connectivity index (χ2n) is 10.2. The predicted molar refractivity (Wildman–Crippen MR) is 143 cm³/mol. The molecule has 0 atom stereocenters. The van der Waals surface area contributed by atoms with E-state index in [1.807, 2.05) is 50.7 Å². The number of benzene rings is 1. The molecule has 1 aromatic carbocycles. The Bertz CT molecular complexity index is 1700. The Morgan fingerprint density at radius 3 is 2.76 bits per heavy atom. The Kier molecular flexibility index (Phi) is 5.22. The van der Waals surface area contributed by atoms with E-state index >= 15 is 0 Å². The highest BCUT2D eigenvalue weighted by Crippen LogP contribution is 2.38. The van der Waals surface area contributed by atoms with Gasteiger partial charge in [0.2, 0.25) is 0 Å². The molecule has 3 aliphatic rings. The number of urea groups is 1. The highest BCUT2D eigenvalue weighted by molar-refractivity contribution is 6.31. The van der Waals surface area contributed by atoms with Crippen molar-refractivity contribution in [1.29, 1.82) is 5.26 Å². The van der Waals surface area contributed by atoms with Gasteiger partial charge in [0.25, 0.3) is 5.91 Å². The van der Waals surface area contributed by atoms with Gasteiger partial charge in [-0.1, -0.05) is 6.07 Å². The van der Waals surface area contributed by atoms with Crippen LogP contribution in [0.5, 0.6) is 0 Å². The van der Waals surface area contributed by atoms with Gasteiger partial charge in [0, 0.05) is 62.6 Å². The summed E-state index contributed by atoms with van der Waals surface area (Å²) >= 11 is 0. The number of pyridine rings is 1. The number of hydrogen-bond donors (Lipinski definition) is 1. The van der Waals surface area contributed by atoms with Crippen molar-refractivity contribution in [2.45, 2.75) is 32.4 Å². The lowest BCUT2D eigenvalue weighted by Crippen LogP contribution is -2.45. The molecule has 3 aromatic heterocycles. The molecule has 3 aliphatic heterocycles. The van der Waals surface area contributed by atoms with Crippen LogP contribution in [0.15, 0.2) is 48.9 Å². The van der Waals surface area contributed by atoms with E-state index in [1.54, 1.807) is 6.20 Å². The number of nitrogens with one attached hydrogen (secondary N) is 1. The second-order valence-corrected chi connectivity index (χ2v) is 10.2. The van der Waals surface area contributed by atoms with Crippen LogP contribution in [0.1, 0.15) is 41.6 Å². The van der Waals surface area contributed by atoms with Crippen molar-refractivity contribution in [1.82, 2.24) is 29.1 Å². The number of likely N-dealkylation sites (tertiary alicyclic amines) is 1. The molecule has 6 heterocycles. The van der Waals surface area contributed by atoms with E-state index in [0.717, 1.165) is 64.9 Å². The van der Waals surface area contributed by atoms with E-state index in [1.165, 1.54) is 6.42 Å². The van der Waals surface area contributed by atoms with E-state index in [2.05, 4.69) is 27.1 Å². The van der Waals surface area contributed by atoms with Crippen molar-refractivity contribution in [3.8, 4) is 6.07 Å². The third-order valence-electron chi connectivity index (χ3n) is 8.00. The first-order valence-electron chi connectivity index (χ1n) is 13.2. The highest BCUT2D eigenvalue weighted by Gasteiger charge is 2.31. The Hall–Kier alpha value is -4.58. The molecule has 1 fully saturated rings. The molecule has 38 heavy (non-hydrogen) atoms. The van der Waals surface area contributed by atoms with Crippen LogP contribution in [0.3, 0.4) is 0 Å². The largest absolute Gasteiger partial charge is 0.348 e. The number of nitrogens with zero attached hydrogens (tertiary/aromatic N) is 6. The maximum absolute atomic E-state index is 13.4. The minimum absolute atomic E-state index is 0.0781. The Morgan fingerprint density at radius 2 is 1.92 bits per heavy atom. The summed E-state index contributed by atoms with van der Waals surface area (Å²) in [5, 5.41) is 13.8. The second kappa shape index (κ2) is 8.77. The molecule has 0 spiro atoms. The summed E-state index contributed by atoms with van der Waals surface area (Å²) in [6.45, 7) is 3.71. The molecular weight excluding hydrogens is 478 g/mol. The van der Waals surface area contributed by atoms with Crippen LogP contribution in [0.2, 0.25) is 0 Å². The normalized spacial score (nSPS) is 17.7. The molecule has 3 amide bonds. The number of imidazole rings is 1. The van der Waals surface area contributed by atoms with Crippen molar-refractivity contribution < 1.29 is 9.59 Å². The van der Waals surface area contributed by atoms with E-state index < -0.39 is 0 Å². The maximum Gasteiger partial charge on any atom is 0.320 e. The minimum atomic E-state index is -0.131. The lowest BCUT2D eigenvalue weighted by molar-refractivity contribution is -0.114. The number of nitriles is 1. The Balaban J connectivity index is 1.36. The summed E-state index contributed by atoms with van der Waals surface area (Å²) in [5.74, 6) is -0.131. The van der Waals surface area contributed by atoms with Crippen LogP contribution in [0.25, 0.3) is 27.7 Å². The van der Waals surface area contributed by atoms with Crippen LogP contribution in [-0.4, -0.2) is 61.9 Å². The molecule has 9 nitrogen and oxygen atoms in total. The van der Waals surface area contributed by atoms with Crippen LogP contribution < -0.4 is 5.32 Å². The SMILES string of the molecule is N#Cc1cc2c3c(c1)c(C1=C(c4cnc5ccccn45)C(=O)NC1)cn3CCN(C(=O)N1CCCCC1)C2. The molecule has 0 unspecified atom stereocenters. The summed E-state index contributed by atoms with van der Waals surface area (Å²) in [7, 11) is 0. The quantitative estimate of drug-likeness (QED) is 0.450. The number of piperidine rings is 1. The monoisotopic (exact) mass is 505 g/mol. The third kappa shape index (κ3) is 3.48. The summed E-state index contributed by atoms with van der Waals surface area (Å²) in [6, 6.07) is 12.0. The van der Waals surface area contributed by atoms with Crippen molar-refractivity contribution in [3.05, 3.63) is 71.3 Å². The molecule has 4 aromatic rings. The Morgan fingerprint density at radius 1 is 1.05 bits per heavy atom. The number of amides is 3. The average molecular weight is 506 g/mol. The van der Waals surface area contributed by atoms with Crippen LogP contribution in [0.4, 0.5) is 4.79 Å². The summed E-state index contributed by atoms with van der Waals surface area (Å²) in [6.07, 6.45) is 9.02. The van der Waals surface area contributed by atoms with E-state index in [0.29, 0.717) is 37.3 Å². The van der Waals surface area contributed by atoms with Crippen molar-refractivity contribution in [2.24, 2.45) is 0 Å². The first-order chi connectivity index (χ1) is 18.6. The Labute approximate surface area is 219 Å². The summed E-state index contributed by atoms with van der Waals surface area (Å²) in [4.78, 5) is 34.9. The van der Waals surface area contributed by atoms with Crippen molar-refractivity contribution in [2.75, 3.05) is 26.2 Å². The average Bonchev–Trinajstić information content (AvgIpc) is 3.61. The zero-order chi connectivity index (χ0) is 25.8. The molecular formula is C29H27N7O2. The van der Waals surface area contributed by atoms with E-state index in [9.17, 15) is 14.9 Å². The first kappa shape index (κ1) is 22.6. The smallest absolute Gasteiger partial charge is 0.320 e. The number of rotatable bonds is 2. The van der Waals surface area contributed by atoms with Gasteiger partial charge in [0.1, 0.15) is 5.65 Å². The molecule has 1 saturated heterocycles. The summed E-state index contributed by atoms with van der Waals surface area (Å²) in [5.41, 5.74) is 6.49. The van der Waals surface area contributed by atoms with Gasteiger partial charge in [-0.05, 0) is 54.7 Å². The third-order valence-corrected chi connectivity index (χ3v) is 8.00. The molecule has 1 N–H and O–H groups in total. The minimum Gasteiger partial charge on any atom is -0.348 e. The number of fused-ring (bicyclic) bond motifs is 1. The zero-order valence-electron chi connectivity index (χ0n) is 21.0. The standard InChI is InChI=1S/C29H27N7O2/c30-14-19-12-20-17-35(29(38)33-7-3-1-4-8-33)11-10-34-18-23(21(13-19)27(20)34)22-15-32-28(37)26(22)24-16-31-25-6-2-5-9-36(24)25/h2,5-6,9,12-13,16,18H,1,3-4,7-8,10-11,15,17H2,(H,32,37). The van der Waals surface area contributed by atoms with Crippen LogP contribution >= 0.6 is 0 Å². The van der Waals surface area contributed by atoms with Gasteiger partial charge in [-0.3, -0.25) is 9.20 Å². The molecule has 190 valence electrons. The fourth-order valence-electron chi connectivity index (χ4n) is 6.19. The number of carbonyl (C=O) groups excluding carboxylic acids is 2. The van der Waals surface area contributed by atoms with Gasteiger partial charge in [-0.15, -0.1) is 0 Å². The van der Waals surface area contributed by atoms with E-state index in [-0.39, 0.29) is 11.9 Å². The molecule has 0 saturated carbocycles. The maximum atomic E-state index is 13.4. The lowest BCUT2D eigenvalue weighted by Gasteiger charge is -2.32. The molecule has 0 radical (unpaired) electrons. The molecule has 9 heteroatoms. The van der Waals surface area contributed by atoms with Gasteiger partial charge in [-0.2, -0.15) is 5.26 Å². The van der Waals surface area contributed by atoms with E-state index in [4.69, 9.17) is 0 Å². The van der Waals surface area contributed by atoms with Gasteiger partial charge in [-0.25, -0.2) is 9.78 Å². The van der Waals surface area contributed by atoms with Crippen LogP contribution in [0, 0.1) is 11.3 Å². The number of carbonyl (C=O) groups is 2. The van der Waals surface area contributed by atoms with Gasteiger partial charge >= 0.3 is 6.03 Å². The van der Waals surface area contributed by atoms with Crippen molar-refractivity contribution in [3.63, 3.8) is 0 Å². The first-order valence-corrected chi connectivity index (χ1v) is 13.2. The zero-order valence-corrected chi connectivity index (χ0v) is 21.0. The molecule has 0 bridgehead atoms. The van der Waals surface area contributed by atoms with Gasteiger partial charge in [0.05, 0.1) is 34.6 Å². The number of aromatic nitrogens is 3. The summed E-state index contributed by atoms with van der Waals surface area (Å²) < 4.78 is 4.12. The predicted octanol–water partition coefficient (Wildman–Crippen LogP) is 3.62. The fourth-order valence-corrected chi connectivity index (χ4v) is 6.19. The topological polar surface area (TPSA) is 98.7 Å². The van der Waals surface area contributed by atoms with Gasteiger partial charge in [0.15, 0.2) is 0 Å². The fraction of sp³-hybridized carbons (Fsp3) is 0.310. The van der Waals surface area contributed by atoms with Crippen molar-refractivity contribution >= 4 is 39.6 Å². The van der Waals surface area contributed by atoms with Gasteiger partial charge < -0.3 is 19.7 Å². The molecule has 0 aliphatic carbocycles. The van der Waals surface area contributed by atoms with Crippen LogP contribution in [-0.2, 0) is 17.9 Å². The number of hydrogen-bond acceptors (Lipinski definition) is 4. The molecule has 7 rings (SSSR count).